The Kier molecular flexibility index (Phi) is 360. The average Bonchev–Trinajstić information content (AvgIpc) is 1.00. The Morgan fingerprint density at radius 3 is 1.25 bits per heavy atom. The molecule has 0 saturated heterocycles. The van der Waals surface area contributed by atoms with Crippen molar-refractivity contribution in [2.75, 3.05) is 0 Å². The molecule has 4 heavy (non-hydrogen) atoms. The molecule has 0 bridgehead atoms. The van der Waals surface area contributed by atoms with Gasteiger partial charge in [-0.1, -0.05) is 0 Å². The van der Waals surface area contributed by atoms with Crippen LogP contribution >= 0.6 is 0 Å². The average molecular weight is 156 g/mol. The van der Waals surface area contributed by atoms with Crippen molar-refractivity contribution in [3.05, 3.63) is 0 Å². The van der Waals surface area contributed by atoms with Crippen LogP contribution in [0.5, 0.6) is 0 Å². The third-order valence-corrected chi connectivity index (χ3v) is 0. The molecule has 3 heteroatoms. The van der Waals surface area contributed by atoms with Crippen molar-refractivity contribution >= 4 is 0 Å². The molecule has 0 rings (SSSR count). The van der Waals surface area contributed by atoms with Gasteiger partial charge in [0.25, 0.3) is 0 Å². The molecule has 0 aromatic rings. The molecule has 0 aromatic carbocycles. The van der Waals surface area contributed by atoms with Crippen LogP contribution in [0.4, 0.5) is 0 Å². The summed E-state index contributed by atoms with van der Waals surface area (Å²) in [4.78, 5) is 0. The van der Waals surface area contributed by atoms with Gasteiger partial charge >= 0.3 is 0 Å². The van der Waals surface area contributed by atoms with Gasteiger partial charge in [-0.15, -0.1) is 0 Å². The summed E-state index contributed by atoms with van der Waals surface area (Å²) in [5.41, 5.74) is 0. The molecule has 0 N–H and O–H groups in total. The molecule has 0 aliphatic rings. The molecule has 0 atom stereocenters. The fourth-order valence-electron chi connectivity index (χ4n) is 0. The molecule has 0 unspecified atom stereocenters. The third-order valence-electron chi connectivity index (χ3n) is 0. The van der Waals surface area contributed by atoms with E-state index in [1.54, 1.807) is 0 Å². The molecule has 0 spiro atoms. The second kappa shape index (κ2) is 62.9. The van der Waals surface area contributed by atoms with Gasteiger partial charge in [-0.2, -0.15) is 0 Å². The first-order valence-electron chi connectivity index (χ1n) is 0.258. The Hall–Kier alpha value is 0.633. The molecule has 0 saturated carbocycles. The van der Waals surface area contributed by atoms with Crippen molar-refractivity contribution < 1.29 is 36.5 Å². The molecule has 0 aliphatic heterocycles. The van der Waals surface area contributed by atoms with E-state index >= 15 is 0 Å². The first-order chi connectivity index (χ1) is 1.00. The van der Waals surface area contributed by atoms with Gasteiger partial charge in [-0.25, -0.2) is 5.26 Å². The predicted octanol–water partition coefficient (Wildman–Crippen LogP) is 0.135. The Morgan fingerprint density at radius 1 is 1.25 bits per heavy atom. The van der Waals surface area contributed by atoms with E-state index in [0.717, 1.165) is 0 Å². The van der Waals surface area contributed by atoms with E-state index in [0.29, 0.717) is 0 Å². The van der Waals surface area contributed by atoms with Crippen LogP contribution in [0, 0.1) is 11.8 Å². The standard InChI is InChI=1S/CHN.Cu.Zn/c1-2;;/h1H;;. The summed E-state index contributed by atoms with van der Waals surface area (Å²) < 4.78 is 0. The Balaban J connectivity index is -0.00000000500. The Bertz CT molecular complexity index is 12.8. The van der Waals surface area contributed by atoms with E-state index in [-0.39, 0.29) is 36.5 Å². The fourth-order valence-corrected chi connectivity index (χ4v) is 0. The predicted molar refractivity (Wildman–Crippen MR) is 6.67 cm³/mol. The summed E-state index contributed by atoms with van der Waals surface area (Å²) in [6.45, 7) is 3.50. The van der Waals surface area contributed by atoms with Crippen molar-refractivity contribution in [1.29, 1.82) is 5.26 Å². The van der Waals surface area contributed by atoms with Crippen molar-refractivity contribution in [1.82, 2.24) is 0 Å². The van der Waals surface area contributed by atoms with E-state index < -0.39 is 0 Å². The number of rotatable bonds is 0. The van der Waals surface area contributed by atoms with Crippen LogP contribution < -0.4 is 0 Å². The van der Waals surface area contributed by atoms with E-state index in [1.165, 1.54) is 0 Å². The van der Waals surface area contributed by atoms with Crippen LogP contribution in [-0.4, -0.2) is 0 Å². The second-order valence-corrected chi connectivity index (χ2v) is 0. The van der Waals surface area contributed by atoms with E-state index in [2.05, 4.69) is 6.57 Å². The maximum Gasteiger partial charge on any atom is 0.0462 e. The molecule has 0 aliphatic carbocycles. The van der Waals surface area contributed by atoms with Crippen molar-refractivity contribution in [3.8, 4) is 6.57 Å². The molecular formula is CHCuNZn. The zero-order valence-electron chi connectivity index (χ0n) is 2.03. The number of hydrogen-bond donors (Lipinski definition) is 0. The first kappa shape index (κ1) is 22.9. The fraction of sp³-hybridized carbons (Fsp3) is 0. The summed E-state index contributed by atoms with van der Waals surface area (Å²) in [5, 5.41) is 6.50. The topological polar surface area (TPSA) is 23.8 Å². The maximum atomic E-state index is 6.50. The van der Waals surface area contributed by atoms with Crippen molar-refractivity contribution in [2.45, 2.75) is 0 Å². The van der Waals surface area contributed by atoms with Crippen LogP contribution in [0.1, 0.15) is 0 Å². The smallest absolute Gasteiger partial charge is 0.0462 e. The minimum Gasteiger partial charge on any atom is -0.202 e. The second-order valence-electron chi connectivity index (χ2n) is 0. The Labute approximate surface area is 48.6 Å². The van der Waals surface area contributed by atoms with Crippen LogP contribution in [0.25, 0.3) is 0 Å². The number of nitriles is 1. The van der Waals surface area contributed by atoms with Gasteiger partial charge in [-0.3, -0.25) is 0 Å². The minimum absolute atomic E-state index is 0. The monoisotopic (exact) mass is 154 g/mol. The zero-order chi connectivity index (χ0) is 2.00. The van der Waals surface area contributed by atoms with Crippen LogP contribution in [0.3, 0.4) is 0 Å². The van der Waals surface area contributed by atoms with Gasteiger partial charge in [-0.05, 0) is 0 Å². The molecule has 0 fully saturated rings. The van der Waals surface area contributed by atoms with Crippen LogP contribution in [0.15, 0.2) is 0 Å². The van der Waals surface area contributed by atoms with E-state index in [1.807, 2.05) is 0 Å². The summed E-state index contributed by atoms with van der Waals surface area (Å²) in [5.74, 6) is 0. The molecule has 0 heterocycles. The van der Waals surface area contributed by atoms with Crippen LogP contribution in [-0.2, 0) is 36.5 Å². The van der Waals surface area contributed by atoms with E-state index in [9.17, 15) is 0 Å². The largest absolute Gasteiger partial charge is 0.202 e. The van der Waals surface area contributed by atoms with Gasteiger partial charge in [0, 0.05) is 43.1 Å². The quantitative estimate of drug-likeness (QED) is 0.457. The van der Waals surface area contributed by atoms with Gasteiger partial charge in [0.1, 0.15) is 0 Å². The molecule has 0 amide bonds. The van der Waals surface area contributed by atoms with E-state index in [4.69, 9.17) is 5.26 Å². The van der Waals surface area contributed by atoms with Crippen molar-refractivity contribution in [2.24, 2.45) is 0 Å². The summed E-state index contributed by atoms with van der Waals surface area (Å²) in [6, 6.07) is 0. The normalized spacial score (nSPS) is 0.500. The number of nitrogens with zero attached hydrogens (tertiary/aromatic N) is 1. The summed E-state index contributed by atoms with van der Waals surface area (Å²) >= 11 is 0. The van der Waals surface area contributed by atoms with Crippen molar-refractivity contribution in [3.63, 3.8) is 0 Å². The van der Waals surface area contributed by atoms with Gasteiger partial charge < -0.3 is 0 Å². The molecule has 1 radical (unpaired) electrons. The summed E-state index contributed by atoms with van der Waals surface area (Å²) in [7, 11) is 0. The number of hydrogen-bond acceptors (Lipinski definition) is 1. The van der Waals surface area contributed by atoms with Gasteiger partial charge in [0.15, 0.2) is 0 Å². The first-order valence-corrected chi connectivity index (χ1v) is 0.258. The Morgan fingerprint density at radius 2 is 1.25 bits per heavy atom. The SMILES string of the molecule is C#N.[Cu].[Zn]. The zero-order valence-corrected chi connectivity index (χ0v) is 5.94. The minimum atomic E-state index is 0. The van der Waals surface area contributed by atoms with Gasteiger partial charge in [0.05, 0.1) is 0 Å². The summed E-state index contributed by atoms with van der Waals surface area (Å²) in [6.07, 6.45) is 0. The third kappa shape index (κ3) is 17.5. The van der Waals surface area contributed by atoms with Crippen LogP contribution in [0.2, 0.25) is 0 Å². The molecule has 1 nitrogen and oxygen atoms in total. The molecule has 23 valence electrons. The molecular weight excluding hydrogens is 155 g/mol. The maximum absolute atomic E-state index is 6.50. The molecule has 0 aromatic heterocycles. The van der Waals surface area contributed by atoms with Gasteiger partial charge in [0.2, 0.25) is 0 Å².